The predicted molar refractivity (Wildman–Crippen MR) is 125 cm³/mol. The number of carbonyl (C=O) groups excluding carboxylic acids is 2. The van der Waals surface area contributed by atoms with Crippen LogP contribution in [0.15, 0.2) is 59.2 Å². The highest BCUT2D eigenvalue weighted by Crippen LogP contribution is 2.25. The highest BCUT2D eigenvalue weighted by atomic mass is 16.3. The molecule has 1 aromatic heterocycles. The van der Waals surface area contributed by atoms with Gasteiger partial charge in [0.05, 0.1) is 12.3 Å². The summed E-state index contributed by atoms with van der Waals surface area (Å²) in [6.07, 6.45) is 10.2. The zero-order chi connectivity index (χ0) is 22.2. The Bertz CT molecular complexity index is 880. The lowest BCUT2D eigenvalue weighted by molar-refractivity contribution is -0.132. The Hall–Kier alpha value is -2.86. The number of rotatable bonds is 7. The number of amides is 2. The molecule has 0 aliphatic carbocycles. The summed E-state index contributed by atoms with van der Waals surface area (Å²) in [5, 5.41) is 3.17. The minimum Gasteiger partial charge on any atom is -0.468 e. The molecule has 1 N–H and O–H groups in total. The fourth-order valence-electron chi connectivity index (χ4n) is 4.66. The smallest absolute Gasteiger partial charge is 0.246 e. The van der Waals surface area contributed by atoms with Crippen LogP contribution in [-0.2, 0) is 9.59 Å². The van der Waals surface area contributed by atoms with Crippen molar-refractivity contribution in [2.45, 2.75) is 38.1 Å². The Morgan fingerprint density at radius 1 is 1.00 bits per heavy atom. The van der Waals surface area contributed by atoms with Gasteiger partial charge < -0.3 is 14.6 Å². The maximum Gasteiger partial charge on any atom is 0.246 e. The first-order chi connectivity index (χ1) is 15.7. The molecule has 1 unspecified atom stereocenters. The first-order valence-corrected chi connectivity index (χ1v) is 11.8. The normalized spacial score (nSPS) is 19.2. The summed E-state index contributed by atoms with van der Waals surface area (Å²) in [6, 6.07) is 13.8. The Labute approximate surface area is 190 Å². The van der Waals surface area contributed by atoms with Gasteiger partial charge in [-0.05, 0) is 62.5 Å². The molecule has 4 rings (SSSR count). The van der Waals surface area contributed by atoms with Crippen LogP contribution in [0.1, 0.15) is 49.5 Å². The van der Waals surface area contributed by atoms with Gasteiger partial charge in [0.2, 0.25) is 11.8 Å². The quantitative estimate of drug-likeness (QED) is 0.671. The van der Waals surface area contributed by atoms with Crippen molar-refractivity contribution in [3.63, 3.8) is 0 Å². The van der Waals surface area contributed by atoms with E-state index >= 15 is 0 Å². The molecule has 2 aliphatic rings. The van der Waals surface area contributed by atoms with E-state index in [1.165, 1.54) is 19.3 Å². The van der Waals surface area contributed by atoms with Gasteiger partial charge in [0, 0.05) is 31.6 Å². The molecule has 2 aromatic rings. The van der Waals surface area contributed by atoms with Gasteiger partial charge in [-0.15, -0.1) is 0 Å². The molecule has 170 valence electrons. The molecule has 2 saturated heterocycles. The molecular formula is C26H33N3O3. The van der Waals surface area contributed by atoms with Gasteiger partial charge in [-0.25, -0.2) is 0 Å². The number of nitrogens with zero attached hydrogens (tertiary/aromatic N) is 2. The first kappa shape index (κ1) is 22.3. The van der Waals surface area contributed by atoms with E-state index in [2.05, 4.69) is 10.2 Å². The van der Waals surface area contributed by atoms with E-state index in [1.54, 1.807) is 12.3 Å². The van der Waals surface area contributed by atoms with Crippen molar-refractivity contribution >= 4 is 17.9 Å². The summed E-state index contributed by atoms with van der Waals surface area (Å²) in [7, 11) is 0. The van der Waals surface area contributed by atoms with Gasteiger partial charge in [0.15, 0.2) is 0 Å². The second-order valence-corrected chi connectivity index (χ2v) is 8.72. The topological polar surface area (TPSA) is 65.8 Å². The van der Waals surface area contributed by atoms with Crippen molar-refractivity contribution in [2.24, 2.45) is 5.92 Å². The number of nitrogens with one attached hydrogen (secondary N) is 1. The number of piperidine rings is 2. The van der Waals surface area contributed by atoms with Crippen molar-refractivity contribution in [3.05, 3.63) is 66.1 Å². The van der Waals surface area contributed by atoms with Crippen LogP contribution in [0.2, 0.25) is 0 Å². The van der Waals surface area contributed by atoms with Crippen LogP contribution in [0.3, 0.4) is 0 Å². The molecule has 2 aliphatic heterocycles. The number of furan rings is 1. The molecule has 2 amide bonds. The standard InChI is InChI=1S/C26H33N3O3/c30-25(12-11-21-8-3-1-4-9-21)29-17-13-22(14-18-29)26(31)27-20-23(24-10-7-19-32-24)28-15-5-2-6-16-28/h1,3-4,7-12,19,22-23H,2,5-6,13-18,20H2,(H,27,31). The zero-order valence-electron chi connectivity index (χ0n) is 18.6. The van der Waals surface area contributed by atoms with Crippen LogP contribution in [0.4, 0.5) is 0 Å². The van der Waals surface area contributed by atoms with Gasteiger partial charge in [-0.2, -0.15) is 0 Å². The fraction of sp³-hybridized carbons (Fsp3) is 0.462. The summed E-state index contributed by atoms with van der Waals surface area (Å²) < 4.78 is 5.68. The lowest BCUT2D eigenvalue weighted by Crippen LogP contribution is -2.45. The summed E-state index contributed by atoms with van der Waals surface area (Å²) in [4.78, 5) is 29.6. The third kappa shape index (κ3) is 5.88. The van der Waals surface area contributed by atoms with E-state index in [4.69, 9.17) is 4.42 Å². The SMILES string of the molecule is O=C(NCC(c1ccco1)N1CCCCC1)C1CCN(C(=O)C=Cc2ccccc2)CC1. The average molecular weight is 436 g/mol. The van der Waals surface area contributed by atoms with Crippen molar-refractivity contribution in [1.82, 2.24) is 15.1 Å². The van der Waals surface area contributed by atoms with Gasteiger partial charge >= 0.3 is 0 Å². The third-order valence-electron chi connectivity index (χ3n) is 6.57. The highest BCUT2D eigenvalue weighted by molar-refractivity contribution is 5.92. The summed E-state index contributed by atoms with van der Waals surface area (Å²) in [5.74, 6) is 0.967. The van der Waals surface area contributed by atoms with Crippen LogP contribution in [-0.4, -0.2) is 54.3 Å². The molecule has 0 bridgehead atoms. The maximum absolute atomic E-state index is 12.9. The van der Waals surface area contributed by atoms with Crippen molar-refractivity contribution < 1.29 is 14.0 Å². The molecule has 1 atom stereocenters. The van der Waals surface area contributed by atoms with Crippen LogP contribution in [0, 0.1) is 5.92 Å². The molecule has 3 heterocycles. The maximum atomic E-state index is 12.9. The Kier molecular flexibility index (Phi) is 7.77. The second kappa shape index (κ2) is 11.1. The summed E-state index contributed by atoms with van der Waals surface area (Å²) >= 11 is 0. The minimum atomic E-state index is -0.0456. The fourth-order valence-corrected chi connectivity index (χ4v) is 4.66. The van der Waals surface area contributed by atoms with Gasteiger partial charge in [-0.1, -0.05) is 36.8 Å². The molecule has 6 nitrogen and oxygen atoms in total. The molecule has 0 saturated carbocycles. The Morgan fingerprint density at radius 2 is 1.75 bits per heavy atom. The lowest BCUT2D eigenvalue weighted by atomic mass is 9.95. The lowest BCUT2D eigenvalue weighted by Gasteiger charge is -2.34. The summed E-state index contributed by atoms with van der Waals surface area (Å²) in [5.41, 5.74) is 1.01. The van der Waals surface area contributed by atoms with E-state index in [1.807, 2.05) is 53.4 Å². The van der Waals surface area contributed by atoms with Gasteiger partial charge in [-0.3, -0.25) is 14.5 Å². The van der Waals surface area contributed by atoms with Crippen molar-refractivity contribution in [1.29, 1.82) is 0 Å². The van der Waals surface area contributed by atoms with E-state index in [0.717, 1.165) is 24.4 Å². The first-order valence-electron chi connectivity index (χ1n) is 11.8. The van der Waals surface area contributed by atoms with E-state index in [-0.39, 0.29) is 23.8 Å². The predicted octanol–water partition coefficient (Wildman–Crippen LogP) is 3.87. The van der Waals surface area contributed by atoms with Gasteiger partial charge in [0.25, 0.3) is 0 Å². The molecule has 0 radical (unpaired) electrons. The Morgan fingerprint density at radius 3 is 2.44 bits per heavy atom. The highest BCUT2D eigenvalue weighted by Gasteiger charge is 2.29. The van der Waals surface area contributed by atoms with Crippen LogP contribution < -0.4 is 5.32 Å². The van der Waals surface area contributed by atoms with E-state index < -0.39 is 0 Å². The third-order valence-corrected chi connectivity index (χ3v) is 6.57. The van der Waals surface area contributed by atoms with Crippen molar-refractivity contribution in [2.75, 3.05) is 32.7 Å². The monoisotopic (exact) mass is 435 g/mol. The second-order valence-electron chi connectivity index (χ2n) is 8.72. The van der Waals surface area contributed by atoms with Gasteiger partial charge in [0.1, 0.15) is 5.76 Å². The van der Waals surface area contributed by atoms with E-state index in [0.29, 0.717) is 32.5 Å². The molecule has 1 aromatic carbocycles. The number of likely N-dealkylation sites (tertiary alicyclic amines) is 2. The number of hydrogen-bond donors (Lipinski definition) is 1. The largest absolute Gasteiger partial charge is 0.468 e. The number of hydrogen-bond acceptors (Lipinski definition) is 4. The van der Waals surface area contributed by atoms with E-state index in [9.17, 15) is 9.59 Å². The zero-order valence-corrected chi connectivity index (χ0v) is 18.6. The molecule has 2 fully saturated rings. The van der Waals surface area contributed by atoms with Crippen LogP contribution in [0.25, 0.3) is 6.08 Å². The average Bonchev–Trinajstić information content (AvgIpc) is 3.38. The number of carbonyl (C=O) groups is 2. The molecule has 6 heteroatoms. The molecule has 32 heavy (non-hydrogen) atoms. The van der Waals surface area contributed by atoms with Crippen LogP contribution in [0.5, 0.6) is 0 Å². The van der Waals surface area contributed by atoms with Crippen LogP contribution >= 0.6 is 0 Å². The number of benzene rings is 1. The summed E-state index contributed by atoms with van der Waals surface area (Å²) in [6.45, 7) is 3.87. The minimum absolute atomic E-state index is 0.00990. The Balaban J connectivity index is 1.25. The molecule has 0 spiro atoms. The molecular weight excluding hydrogens is 402 g/mol. The van der Waals surface area contributed by atoms with Crippen molar-refractivity contribution in [3.8, 4) is 0 Å².